The van der Waals surface area contributed by atoms with Gasteiger partial charge in [0, 0.05) is 16.5 Å². The summed E-state index contributed by atoms with van der Waals surface area (Å²) in [6.45, 7) is 1.88. The molecule has 28 heavy (non-hydrogen) atoms. The first-order valence-corrected chi connectivity index (χ1v) is 9.14. The lowest BCUT2D eigenvalue weighted by Crippen LogP contribution is -2.25. The molecule has 0 bridgehead atoms. The van der Waals surface area contributed by atoms with Gasteiger partial charge in [-0.3, -0.25) is 14.9 Å². The number of pyridine rings is 2. The van der Waals surface area contributed by atoms with E-state index in [1.807, 2.05) is 6.92 Å². The molecule has 1 saturated carbocycles. The fourth-order valence-corrected chi connectivity index (χ4v) is 3.63. The monoisotopic (exact) mass is 379 g/mol. The predicted molar refractivity (Wildman–Crippen MR) is 105 cm³/mol. The predicted octanol–water partition coefficient (Wildman–Crippen LogP) is 3.43. The van der Waals surface area contributed by atoms with Crippen molar-refractivity contribution in [2.75, 3.05) is 5.73 Å². The van der Waals surface area contributed by atoms with E-state index in [4.69, 9.17) is 10.5 Å². The lowest BCUT2D eigenvalue weighted by molar-refractivity contribution is 0.119. The van der Waals surface area contributed by atoms with E-state index in [2.05, 4.69) is 20.2 Å². The first-order chi connectivity index (χ1) is 13.5. The Labute approximate surface area is 158 Å². The molecule has 4 aromatic rings. The summed E-state index contributed by atoms with van der Waals surface area (Å²) in [6, 6.07) is 2.91. The van der Waals surface area contributed by atoms with Gasteiger partial charge < -0.3 is 15.5 Å². The van der Waals surface area contributed by atoms with E-state index < -0.39 is 11.4 Å². The number of nitrogen functional groups attached to an aromatic ring is 1. The number of halogens is 1. The summed E-state index contributed by atoms with van der Waals surface area (Å²) in [5.41, 5.74) is 8.95. The molecule has 0 saturated heterocycles. The molecule has 3 aromatic heterocycles. The zero-order valence-electron chi connectivity index (χ0n) is 15.2. The van der Waals surface area contributed by atoms with Crippen LogP contribution in [-0.4, -0.2) is 26.3 Å². The van der Waals surface area contributed by atoms with Gasteiger partial charge in [-0.25, -0.2) is 4.39 Å². The Bertz CT molecular complexity index is 1290. The third-order valence-electron chi connectivity index (χ3n) is 5.46. The van der Waals surface area contributed by atoms with Crippen molar-refractivity contribution >= 4 is 27.6 Å². The van der Waals surface area contributed by atoms with E-state index in [9.17, 15) is 9.18 Å². The number of nitrogens with zero attached hydrogens (tertiary/aromatic N) is 2. The summed E-state index contributed by atoms with van der Waals surface area (Å²) >= 11 is 0. The van der Waals surface area contributed by atoms with Crippen molar-refractivity contribution in [2.45, 2.75) is 32.3 Å². The van der Waals surface area contributed by atoms with E-state index in [1.54, 1.807) is 12.3 Å². The summed E-state index contributed by atoms with van der Waals surface area (Å²) in [4.78, 5) is 19.9. The van der Waals surface area contributed by atoms with E-state index in [1.165, 1.54) is 12.3 Å². The SMILES string of the molecule is Cc1c(OC2CCC2)cnc2c(-c3ccc(F)c4[nH]ncc34)c(N)c(=O)[nH]c12. The summed E-state index contributed by atoms with van der Waals surface area (Å²) in [5.74, 6) is 0.223. The van der Waals surface area contributed by atoms with Crippen LogP contribution in [0.3, 0.4) is 0 Å². The maximum atomic E-state index is 14.1. The molecule has 1 aromatic carbocycles. The Hall–Kier alpha value is -3.42. The number of anilines is 1. The van der Waals surface area contributed by atoms with Crippen molar-refractivity contribution in [3.05, 3.63) is 46.3 Å². The molecule has 0 unspecified atom stereocenters. The quantitative estimate of drug-likeness (QED) is 0.505. The number of nitrogens with two attached hydrogens (primary N) is 1. The molecule has 1 aliphatic carbocycles. The number of ether oxygens (including phenoxy) is 1. The van der Waals surface area contributed by atoms with Crippen LogP contribution >= 0.6 is 0 Å². The van der Waals surface area contributed by atoms with Crippen LogP contribution < -0.4 is 16.0 Å². The van der Waals surface area contributed by atoms with Crippen molar-refractivity contribution in [3.63, 3.8) is 0 Å². The number of hydrogen-bond donors (Lipinski definition) is 3. The third-order valence-corrected chi connectivity index (χ3v) is 5.46. The zero-order chi connectivity index (χ0) is 19.4. The molecule has 0 spiro atoms. The second-order valence-electron chi connectivity index (χ2n) is 7.14. The van der Waals surface area contributed by atoms with E-state index >= 15 is 0 Å². The molecular weight excluding hydrogens is 361 g/mol. The topological polar surface area (TPSA) is 110 Å². The molecule has 1 aliphatic rings. The largest absolute Gasteiger partial charge is 0.488 e. The van der Waals surface area contributed by atoms with E-state index in [0.29, 0.717) is 33.3 Å². The summed E-state index contributed by atoms with van der Waals surface area (Å²) in [5, 5.41) is 7.11. The van der Waals surface area contributed by atoms with Crippen molar-refractivity contribution in [3.8, 4) is 16.9 Å². The zero-order valence-corrected chi connectivity index (χ0v) is 15.2. The minimum absolute atomic E-state index is 0.0289. The summed E-state index contributed by atoms with van der Waals surface area (Å²) in [7, 11) is 0. The smallest absolute Gasteiger partial charge is 0.272 e. The van der Waals surface area contributed by atoms with Gasteiger partial charge in [0.2, 0.25) is 0 Å². The highest BCUT2D eigenvalue weighted by molar-refractivity contribution is 6.06. The van der Waals surface area contributed by atoms with Crippen LogP contribution in [0.15, 0.2) is 29.3 Å². The number of aryl methyl sites for hydroxylation is 1. The average Bonchev–Trinajstić information content (AvgIpc) is 3.13. The highest BCUT2D eigenvalue weighted by atomic mass is 19.1. The minimum atomic E-state index is -0.427. The number of rotatable bonds is 3. The number of fused-ring (bicyclic) bond motifs is 2. The van der Waals surface area contributed by atoms with Gasteiger partial charge in [-0.05, 0) is 37.8 Å². The molecule has 0 atom stereocenters. The Balaban J connectivity index is 1.79. The number of hydrogen-bond acceptors (Lipinski definition) is 5. The van der Waals surface area contributed by atoms with Crippen molar-refractivity contribution < 1.29 is 9.13 Å². The molecular formula is C20H18FN5O2. The highest BCUT2D eigenvalue weighted by Crippen LogP contribution is 2.38. The maximum absolute atomic E-state index is 14.1. The van der Waals surface area contributed by atoms with Gasteiger partial charge in [-0.15, -0.1) is 0 Å². The maximum Gasteiger partial charge on any atom is 0.272 e. The molecule has 1 fully saturated rings. The number of nitrogens with one attached hydrogen (secondary N) is 2. The van der Waals surface area contributed by atoms with Crippen LogP contribution in [0.25, 0.3) is 33.1 Å². The van der Waals surface area contributed by atoms with E-state index in [-0.39, 0.29) is 17.3 Å². The number of H-pyrrole nitrogens is 2. The number of aromatic nitrogens is 4. The standard InChI is InChI=1S/C20H18FN5O2/c1-9-14(28-10-3-2-4-10)8-23-19-15(16(22)20(27)25-17(9)19)11-5-6-13(21)18-12(11)7-24-26-18/h5-8,10H,2-4,22H2,1H3,(H,24,26)(H,25,27). The summed E-state index contributed by atoms with van der Waals surface area (Å²) < 4.78 is 20.1. The van der Waals surface area contributed by atoms with E-state index in [0.717, 1.165) is 24.8 Å². The normalized spacial score (nSPS) is 14.5. The number of benzene rings is 1. The average molecular weight is 379 g/mol. The van der Waals surface area contributed by atoms with Crippen molar-refractivity contribution in [1.29, 1.82) is 0 Å². The Morgan fingerprint density at radius 1 is 1.25 bits per heavy atom. The lowest BCUT2D eigenvalue weighted by Gasteiger charge is -2.27. The van der Waals surface area contributed by atoms with Crippen LogP contribution in [0.2, 0.25) is 0 Å². The van der Waals surface area contributed by atoms with Crippen LogP contribution in [0, 0.1) is 12.7 Å². The van der Waals surface area contributed by atoms with Gasteiger partial charge in [0.25, 0.3) is 5.56 Å². The van der Waals surface area contributed by atoms with Crippen LogP contribution in [0.4, 0.5) is 10.1 Å². The number of aromatic amines is 2. The molecule has 7 nitrogen and oxygen atoms in total. The molecule has 0 radical (unpaired) electrons. The molecule has 8 heteroatoms. The second-order valence-corrected chi connectivity index (χ2v) is 7.14. The van der Waals surface area contributed by atoms with Crippen LogP contribution in [-0.2, 0) is 0 Å². The Kier molecular flexibility index (Phi) is 3.61. The van der Waals surface area contributed by atoms with Gasteiger partial charge >= 0.3 is 0 Å². The van der Waals surface area contributed by atoms with Gasteiger partial charge in [0.15, 0.2) is 0 Å². The van der Waals surface area contributed by atoms with Crippen LogP contribution in [0.1, 0.15) is 24.8 Å². The van der Waals surface area contributed by atoms with Crippen molar-refractivity contribution in [2.24, 2.45) is 0 Å². The highest BCUT2D eigenvalue weighted by Gasteiger charge is 2.23. The first kappa shape index (κ1) is 16.7. The molecule has 0 aliphatic heterocycles. The Morgan fingerprint density at radius 3 is 2.82 bits per heavy atom. The third kappa shape index (κ3) is 2.37. The van der Waals surface area contributed by atoms with Gasteiger partial charge in [-0.1, -0.05) is 6.07 Å². The molecule has 0 amide bonds. The second kappa shape index (κ2) is 6.05. The van der Waals surface area contributed by atoms with Gasteiger partial charge in [-0.2, -0.15) is 5.10 Å². The van der Waals surface area contributed by atoms with Gasteiger partial charge in [0.1, 0.15) is 22.8 Å². The van der Waals surface area contributed by atoms with Gasteiger partial charge in [0.05, 0.1) is 29.5 Å². The lowest BCUT2D eigenvalue weighted by atomic mass is 9.96. The Morgan fingerprint density at radius 2 is 2.07 bits per heavy atom. The fourth-order valence-electron chi connectivity index (χ4n) is 3.63. The molecule has 142 valence electrons. The van der Waals surface area contributed by atoms with Crippen LogP contribution in [0.5, 0.6) is 5.75 Å². The van der Waals surface area contributed by atoms with Crippen molar-refractivity contribution in [1.82, 2.24) is 20.2 Å². The fraction of sp³-hybridized carbons (Fsp3) is 0.250. The molecule has 5 rings (SSSR count). The molecule has 4 N–H and O–H groups in total. The summed E-state index contributed by atoms with van der Waals surface area (Å²) in [6.07, 6.45) is 6.58. The first-order valence-electron chi connectivity index (χ1n) is 9.14. The minimum Gasteiger partial charge on any atom is -0.488 e. The molecule has 3 heterocycles.